The number of rotatable bonds is 15. The van der Waals surface area contributed by atoms with E-state index in [1.54, 1.807) is 0 Å². The Morgan fingerprint density at radius 3 is 2.53 bits per heavy atom. The van der Waals surface area contributed by atoms with E-state index in [0.29, 0.717) is 11.8 Å². The van der Waals surface area contributed by atoms with Crippen LogP contribution in [0.1, 0.15) is 92.4 Å². The van der Waals surface area contributed by atoms with Crippen LogP contribution in [-0.4, -0.2) is 34.6 Å². The van der Waals surface area contributed by atoms with Crippen LogP contribution in [0.5, 0.6) is 0 Å². The van der Waals surface area contributed by atoms with Gasteiger partial charge in [-0.3, -0.25) is 0 Å². The molecule has 1 aliphatic rings. The van der Waals surface area contributed by atoms with Crippen LogP contribution in [0.2, 0.25) is 0 Å². The van der Waals surface area contributed by atoms with E-state index < -0.39 is 5.60 Å². The molecule has 0 amide bonds. The lowest BCUT2D eigenvalue weighted by Gasteiger charge is -2.37. The smallest absolute Gasteiger partial charge is 0.0818 e. The number of hydrogen-bond acceptors (Lipinski definition) is 3. The maximum absolute atomic E-state index is 10.6. The summed E-state index contributed by atoms with van der Waals surface area (Å²) >= 11 is 0. The standard InChI is InChI=1S/C27H48O3/c1-7-9-19-30-26-23(5)22(4)25(28)20-24(26)16-12-10-11-13-17-27(6,29)18-14-15-21(3)8-2/h8,10,12,20-23,25-26,28-29H,2,7,9,11,13-19H2,1,3-6H3/b12-10+. The predicted octanol–water partition coefficient (Wildman–Crippen LogP) is 6.60. The van der Waals surface area contributed by atoms with E-state index in [4.69, 9.17) is 4.74 Å². The van der Waals surface area contributed by atoms with Crippen molar-refractivity contribution in [2.45, 2.75) is 110 Å². The first kappa shape index (κ1) is 27.1. The molecule has 6 atom stereocenters. The molecule has 0 saturated carbocycles. The molecule has 174 valence electrons. The molecule has 6 unspecified atom stereocenters. The largest absolute Gasteiger partial charge is 0.390 e. The molecule has 3 heteroatoms. The van der Waals surface area contributed by atoms with E-state index in [2.05, 4.69) is 46.4 Å². The van der Waals surface area contributed by atoms with Gasteiger partial charge in [-0.15, -0.1) is 6.58 Å². The van der Waals surface area contributed by atoms with Gasteiger partial charge in [0.2, 0.25) is 0 Å². The normalized spacial score (nSPS) is 27.6. The van der Waals surface area contributed by atoms with E-state index >= 15 is 0 Å². The molecule has 0 aromatic heterocycles. The van der Waals surface area contributed by atoms with Crippen LogP contribution in [0.15, 0.2) is 36.5 Å². The third-order valence-corrected chi connectivity index (χ3v) is 6.77. The zero-order chi connectivity index (χ0) is 22.6. The molecule has 30 heavy (non-hydrogen) atoms. The fraction of sp³-hybridized carbons (Fsp3) is 0.778. The van der Waals surface area contributed by atoms with Gasteiger partial charge in [-0.1, -0.05) is 64.8 Å². The van der Waals surface area contributed by atoms with Crippen LogP contribution in [0.4, 0.5) is 0 Å². The number of aliphatic hydroxyl groups is 2. The zero-order valence-corrected chi connectivity index (χ0v) is 20.3. The van der Waals surface area contributed by atoms with Gasteiger partial charge in [0.15, 0.2) is 0 Å². The van der Waals surface area contributed by atoms with Gasteiger partial charge in [0.05, 0.1) is 17.8 Å². The maximum Gasteiger partial charge on any atom is 0.0818 e. The second-order valence-electron chi connectivity index (χ2n) is 9.77. The van der Waals surface area contributed by atoms with Gasteiger partial charge in [-0.2, -0.15) is 0 Å². The highest BCUT2D eigenvalue weighted by atomic mass is 16.5. The Bertz CT molecular complexity index is 534. The van der Waals surface area contributed by atoms with Crippen LogP contribution in [0, 0.1) is 17.8 Å². The molecule has 0 radical (unpaired) electrons. The number of hydrogen-bond donors (Lipinski definition) is 2. The average molecular weight is 421 g/mol. The highest BCUT2D eigenvalue weighted by Crippen LogP contribution is 2.34. The van der Waals surface area contributed by atoms with Gasteiger partial charge in [-0.25, -0.2) is 0 Å². The van der Waals surface area contributed by atoms with Gasteiger partial charge in [0, 0.05) is 6.61 Å². The predicted molar refractivity (Wildman–Crippen MR) is 129 cm³/mol. The van der Waals surface area contributed by atoms with E-state index in [1.165, 1.54) is 5.57 Å². The van der Waals surface area contributed by atoms with Crippen molar-refractivity contribution >= 4 is 0 Å². The van der Waals surface area contributed by atoms with Gasteiger partial charge in [0.1, 0.15) is 0 Å². The van der Waals surface area contributed by atoms with Gasteiger partial charge < -0.3 is 14.9 Å². The fourth-order valence-electron chi connectivity index (χ4n) is 4.17. The summed E-state index contributed by atoms with van der Waals surface area (Å²) in [7, 11) is 0. The van der Waals surface area contributed by atoms with Crippen molar-refractivity contribution in [3.05, 3.63) is 36.5 Å². The van der Waals surface area contributed by atoms with Crippen LogP contribution in [-0.2, 0) is 4.74 Å². The van der Waals surface area contributed by atoms with Gasteiger partial charge >= 0.3 is 0 Å². The van der Waals surface area contributed by atoms with E-state index in [9.17, 15) is 10.2 Å². The third kappa shape index (κ3) is 9.94. The minimum atomic E-state index is -0.575. The summed E-state index contributed by atoms with van der Waals surface area (Å²) in [6.45, 7) is 15.2. The molecule has 0 spiro atoms. The molecule has 0 aromatic carbocycles. The topological polar surface area (TPSA) is 49.7 Å². The first-order valence-electron chi connectivity index (χ1n) is 12.2. The number of aliphatic hydroxyl groups excluding tert-OH is 1. The zero-order valence-electron chi connectivity index (χ0n) is 20.3. The molecule has 0 aromatic rings. The van der Waals surface area contributed by atoms with Gasteiger partial charge in [0.25, 0.3) is 0 Å². The summed E-state index contributed by atoms with van der Waals surface area (Å²) in [4.78, 5) is 0. The number of allylic oxidation sites excluding steroid dienone is 3. The maximum atomic E-state index is 10.6. The fourth-order valence-corrected chi connectivity index (χ4v) is 4.17. The molecule has 1 aliphatic carbocycles. The highest BCUT2D eigenvalue weighted by Gasteiger charge is 2.34. The van der Waals surface area contributed by atoms with Crippen LogP contribution < -0.4 is 0 Å². The van der Waals surface area contributed by atoms with E-state index in [-0.39, 0.29) is 18.1 Å². The molecule has 0 saturated heterocycles. The molecule has 0 bridgehead atoms. The van der Waals surface area contributed by atoms with Crippen molar-refractivity contribution in [1.82, 2.24) is 0 Å². The summed E-state index contributed by atoms with van der Waals surface area (Å²) in [5.41, 5.74) is 0.637. The summed E-state index contributed by atoms with van der Waals surface area (Å²) in [6.07, 6.45) is 17.0. The quantitative estimate of drug-likeness (QED) is 0.232. The first-order valence-corrected chi connectivity index (χ1v) is 12.2. The Kier molecular flexibility index (Phi) is 12.9. The molecule has 0 fully saturated rings. The minimum absolute atomic E-state index is 0.110. The molecule has 0 heterocycles. The Morgan fingerprint density at radius 2 is 1.87 bits per heavy atom. The SMILES string of the molecule is C=CC(C)CCCC(C)(O)CCC/C=C/CC1=CC(O)C(C)C(C)C1OCCCC. The van der Waals surface area contributed by atoms with Crippen LogP contribution in [0.3, 0.4) is 0 Å². The average Bonchev–Trinajstić information content (AvgIpc) is 2.70. The Hall–Kier alpha value is -0.900. The Morgan fingerprint density at radius 1 is 1.17 bits per heavy atom. The number of ether oxygens (including phenoxy) is 1. The van der Waals surface area contributed by atoms with Crippen molar-refractivity contribution in [2.24, 2.45) is 17.8 Å². The van der Waals surface area contributed by atoms with Crippen molar-refractivity contribution in [3.63, 3.8) is 0 Å². The summed E-state index contributed by atoms with van der Waals surface area (Å²) < 4.78 is 6.20. The molecular weight excluding hydrogens is 372 g/mol. The summed E-state index contributed by atoms with van der Waals surface area (Å²) in [5, 5.41) is 20.9. The summed E-state index contributed by atoms with van der Waals surface area (Å²) in [5.74, 6) is 1.07. The molecule has 3 nitrogen and oxygen atoms in total. The second-order valence-corrected chi connectivity index (χ2v) is 9.77. The lowest BCUT2D eigenvalue weighted by atomic mass is 9.77. The lowest BCUT2D eigenvalue weighted by Crippen LogP contribution is -2.38. The van der Waals surface area contributed by atoms with E-state index in [1.807, 2.05) is 19.1 Å². The highest BCUT2D eigenvalue weighted by molar-refractivity contribution is 5.20. The first-order chi connectivity index (χ1) is 14.2. The Balaban J connectivity index is 2.43. The van der Waals surface area contributed by atoms with Crippen molar-refractivity contribution in [3.8, 4) is 0 Å². The second kappa shape index (κ2) is 14.2. The van der Waals surface area contributed by atoms with Crippen molar-refractivity contribution in [2.75, 3.05) is 6.61 Å². The number of unbranched alkanes of at least 4 members (excludes halogenated alkanes) is 2. The monoisotopic (exact) mass is 420 g/mol. The molecular formula is C27H48O3. The minimum Gasteiger partial charge on any atom is -0.390 e. The third-order valence-electron chi connectivity index (χ3n) is 6.77. The van der Waals surface area contributed by atoms with E-state index in [0.717, 1.165) is 64.4 Å². The van der Waals surface area contributed by atoms with Crippen LogP contribution >= 0.6 is 0 Å². The van der Waals surface area contributed by atoms with Gasteiger partial charge in [-0.05, 0) is 75.2 Å². The molecule has 1 rings (SSSR count). The van der Waals surface area contributed by atoms with Crippen molar-refractivity contribution < 1.29 is 14.9 Å². The molecule has 2 N–H and O–H groups in total. The van der Waals surface area contributed by atoms with Crippen molar-refractivity contribution in [1.29, 1.82) is 0 Å². The lowest BCUT2D eigenvalue weighted by molar-refractivity contribution is -0.0111. The summed E-state index contributed by atoms with van der Waals surface area (Å²) in [6, 6.07) is 0. The molecule has 0 aliphatic heterocycles. The van der Waals surface area contributed by atoms with Crippen LogP contribution in [0.25, 0.3) is 0 Å². The Labute approximate surface area is 186 Å².